The van der Waals surface area contributed by atoms with Crippen molar-refractivity contribution in [3.05, 3.63) is 0 Å². The van der Waals surface area contributed by atoms with Crippen LogP contribution in [0.2, 0.25) is 0 Å². The van der Waals surface area contributed by atoms with Crippen LogP contribution in [0.1, 0.15) is 67.2 Å². The highest BCUT2D eigenvalue weighted by atomic mass is 16.8. The van der Waals surface area contributed by atoms with Crippen LogP contribution in [-0.2, 0) is 14.2 Å². The molecule has 4 atom stereocenters. The fraction of sp³-hybridized carbons (Fsp3) is 1.00. The maximum Gasteiger partial charge on any atom is 0.163 e. The number of hydrogen-bond donors (Lipinski definition) is 1. The van der Waals surface area contributed by atoms with Crippen molar-refractivity contribution in [2.45, 2.75) is 96.9 Å². The van der Waals surface area contributed by atoms with Crippen molar-refractivity contribution in [1.29, 1.82) is 0 Å². The van der Waals surface area contributed by atoms with Crippen molar-refractivity contribution in [1.82, 2.24) is 0 Å². The van der Waals surface area contributed by atoms with Gasteiger partial charge in [-0.3, -0.25) is 0 Å². The molecule has 1 saturated carbocycles. The van der Waals surface area contributed by atoms with Crippen LogP contribution in [0.25, 0.3) is 0 Å². The predicted molar refractivity (Wildman–Crippen MR) is 82.1 cm³/mol. The van der Waals surface area contributed by atoms with Gasteiger partial charge in [-0.1, -0.05) is 6.92 Å². The molecule has 4 nitrogen and oxygen atoms in total. The maximum atomic E-state index is 9.59. The van der Waals surface area contributed by atoms with Gasteiger partial charge in [0.1, 0.15) is 0 Å². The standard InChI is InChI=1S/C17H32O4/c1-15(2,3)20-13-9-7-8-12-14(17(13,6)10-11-18)21-16(4,5)19-12/h12-14,18H,7-11H2,1-6H3/t12-,13-,14-,17+/m0/s1. The third-order valence-electron chi connectivity index (χ3n) is 4.67. The molecule has 0 radical (unpaired) electrons. The van der Waals surface area contributed by atoms with Gasteiger partial charge in [-0.2, -0.15) is 0 Å². The Morgan fingerprint density at radius 1 is 1.14 bits per heavy atom. The Morgan fingerprint density at radius 3 is 2.38 bits per heavy atom. The molecule has 2 fully saturated rings. The summed E-state index contributed by atoms with van der Waals surface area (Å²) in [6.45, 7) is 12.5. The van der Waals surface area contributed by atoms with Crippen LogP contribution in [0.3, 0.4) is 0 Å². The minimum atomic E-state index is -0.546. The Bertz CT molecular complexity index is 360. The zero-order valence-electron chi connectivity index (χ0n) is 14.4. The zero-order valence-corrected chi connectivity index (χ0v) is 14.4. The summed E-state index contributed by atoms with van der Waals surface area (Å²) in [7, 11) is 0. The summed E-state index contributed by atoms with van der Waals surface area (Å²) in [4.78, 5) is 0. The lowest BCUT2D eigenvalue weighted by Gasteiger charge is -2.43. The summed E-state index contributed by atoms with van der Waals surface area (Å²) in [6, 6.07) is 0. The highest BCUT2D eigenvalue weighted by molar-refractivity contribution is 5.01. The van der Waals surface area contributed by atoms with E-state index in [4.69, 9.17) is 14.2 Å². The van der Waals surface area contributed by atoms with E-state index in [9.17, 15) is 5.11 Å². The predicted octanol–water partition coefficient (Wildman–Crippen LogP) is 3.26. The molecule has 1 N–H and O–H groups in total. The second-order valence-corrected chi connectivity index (χ2v) is 8.22. The Balaban J connectivity index is 2.29. The van der Waals surface area contributed by atoms with Crippen LogP contribution in [0.5, 0.6) is 0 Å². The molecule has 0 amide bonds. The third-order valence-corrected chi connectivity index (χ3v) is 4.67. The van der Waals surface area contributed by atoms with Crippen molar-refractivity contribution >= 4 is 0 Å². The Hall–Kier alpha value is -0.160. The van der Waals surface area contributed by atoms with Crippen molar-refractivity contribution in [3.63, 3.8) is 0 Å². The van der Waals surface area contributed by atoms with E-state index < -0.39 is 5.79 Å². The largest absolute Gasteiger partial charge is 0.396 e. The van der Waals surface area contributed by atoms with E-state index in [1.165, 1.54) is 0 Å². The third kappa shape index (κ3) is 3.79. The lowest BCUT2D eigenvalue weighted by atomic mass is 9.74. The zero-order chi connectivity index (χ0) is 15.9. The van der Waals surface area contributed by atoms with E-state index in [1.807, 2.05) is 13.8 Å². The molecule has 2 aliphatic rings. The SMILES string of the molecule is CC(C)(C)O[C@H]1CCC[C@@H]2OC(C)(C)O[C@@H]2[C@]1(C)CCO. The quantitative estimate of drug-likeness (QED) is 0.869. The van der Waals surface area contributed by atoms with Gasteiger partial charge < -0.3 is 19.3 Å². The van der Waals surface area contributed by atoms with Gasteiger partial charge in [0.2, 0.25) is 0 Å². The first-order valence-corrected chi connectivity index (χ1v) is 8.22. The summed E-state index contributed by atoms with van der Waals surface area (Å²) < 4.78 is 18.7. The number of rotatable bonds is 3. The van der Waals surface area contributed by atoms with Crippen LogP contribution in [0.15, 0.2) is 0 Å². The Morgan fingerprint density at radius 2 is 1.81 bits per heavy atom. The molecule has 1 heterocycles. The lowest BCUT2D eigenvalue weighted by molar-refractivity contribution is -0.190. The number of ether oxygens (including phenoxy) is 3. The van der Waals surface area contributed by atoms with Gasteiger partial charge in [0, 0.05) is 12.0 Å². The Kier molecular flexibility index (Phi) is 4.75. The summed E-state index contributed by atoms with van der Waals surface area (Å²) in [5.74, 6) is -0.546. The van der Waals surface area contributed by atoms with Crippen molar-refractivity contribution in [3.8, 4) is 0 Å². The van der Waals surface area contributed by atoms with Crippen LogP contribution in [0, 0.1) is 5.41 Å². The Labute approximate surface area is 129 Å². The topological polar surface area (TPSA) is 47.9 Å². The van der Waals surface area contributed by atoms with Crippen LogP contribution >= 0.6 is 0 Å². The van der Waals surface area contributed by atoms with Crippen molar-refractivity contribution in [2.24, 2.45) is 5.41 Å². The van der Waals surface area contributed by atoms with Gasteiger partial charge in [-0.25, -0.2) is 0 Å². The van der Waals surface area contributed by atoms with E-state index in [-0.39, 0.29) is 35.9 Å². The van der Waals surface area contributed by atoms with Crippen LogP contribution < -0.4 is 0 Å². The second-order valence-electron chi connectivity index (χ2n) is 8.22. The van der Waals surface area contributed by atoms with Gasteiger partial charge in [-0.15, -0.1) is 0 Å². The summed E-state index contributed by atoms with van der Waals surface area (Å²) in [5, 5.41) is 9.59. The molecule has 0 bridgehead atoms. The first-order chi connectivity index (χ1) is 9.57. The normalized spacial score (nSPS) is 39.9. The number of aliphatic hydroxyl groups excluding tert-OH is 1. The second kappa shape index (κ2) is 5.80. The highest BCUT2D eigenvalue weighted by Gasteiger charge is 2.55. The molecule has 2 rings (SSSR count). The monoisotopic (exact) mass is 300 g/mol. The number of aliphatic hydroxyl groups is 1. The van der Waals surface area contributed by atoms with Gasteiger partial charge >= 0.3 is 0 Å². The summed E-state index contributed by atoms with van der Waals surface area (Å²) >= 11 is 0. The van der Waals surface area contributed by atoms with Crippen molar-refractivity contribution < 1.29 is 19.3 Å². The molecule has 0 spiro atoms. The number of fused-ring (bicyclic) bond motifs is 1. The molecule has 0 aromatic heterocycles. The fourth-order valence-electron chi connectivity index (χ4n) is 3.79. The molecule has 0 aromatic rings. The first-order valence-electron chi connectivity index (χ1n) is 8.22. The summed E-state index contributed by atoms with van der Waals surface area (Å²) in [6.07, 6.45) is 3.90. The molecule has 124 valence electrons. The van der Waals surface area contributed by atoms with E-state index >= 15 is 0 Å². The van der Waals surface area contributed by atoms with Crippen LogP contribution in [-0.4, -0.2) is 41.4 Å². The molecule has 0 aromatic carbocycles. The molecule has 1 saturated heterocycles. The minimum Gasteiger partial charge on any atom is -0.396 e. The fourth-order valence-corrected chi connectivity index (χ4v) is 3.79. The molecular weight excluding hydrogens is 268 g/mol. The van der Waals surface area contributed by atoms with Gasteiger partial charge in [-0.05, 0) is 60.3 Å². The summed E-state index contributed by atoms with van der Waals surface area (Å²) in [5.41, 5.74) is -0.423. The van der Waals surface area contributed by atoms with Crippen molar-refractivity contribution in [2.75, 3.05) is 6.61 Å². The van der Waals surface area contributed by atoms with E-state index in [2.05, 4.69) is 27.7 Å². The van der Waals surface area contributed by atoms with Gasteiger partial charge in [0.15, 0.2) is 5.79 Å². The molecule has 4 heteroatoms. The minimum absolute atomic E-state index is 0.0190. The molecule has 21 heavy (non-hydrogen) atoms. The van der Waals surface area contributed by atoms with E-state index in [1.54, 1.807) is 0 Å². The molecule has 1 aliphatic heterocycles. The molecular formula is C17H32O4. The first kappa shape index (κ1) is 17.2. The smallest absolute Gasteiger partial charge is 0.163 e. The van der Waals surface area contributed by atoms with Gasteiger partial charge in [0.05, 0.1) is 23.9 Å². The average molecular weight is 300 g/mol. The van der Waals surface area contributed by atoms with Gasteiger partial charge in [0.25, 0.3) is 0 Å². The van der Waals surface area contributed by atoms with Crippen LogP contribution in [0.4, 0.5) is 0 Å². The van der Waals surface area contributed by atoms with E-state index in [0.29, 0.717) is 6.42 Å². The molecule has 0 unspecified atom stereocenters. The van der Waals surface area contributed by atoms with E-state index in [0.717, 1.165) is 19.3 Å². The highest BCUT2D eigenvalue weighted by Crippen LogP contribution is 2.48. The molecule has 1 aliphatic carbocycles. The maximum absolute atomic E-state index is 9.59. The lowest BCUT2D eigenvalue weighted by Crippen LogP contribution is -2.49. The number of hydrogen-bond acceptors (Lipinski definition) is 4. The average Bonchev–Trinajstić information content (AvgIpc) is 2.57.